The standard InChI is InChI=1S/C8H10N3O2/c1-10-5-9-7-3-6(13-2)4-11(12)8(7)10/h3-5,12H,1-2H3/q+1. The maximum atomic E-state index is 9.53. The Kier molecular flexibility index (Phi) is 1.58. The molecule has 0 spiro atoms. The Balaban J connectivity index is 2.79. The zero-order valence-electron chi connectivity index (χ0n) is 7.43. The van der Waals surface area contributed by atoms with Crippen LogP contribution in [0.2, 0.25) is 0 Å². The lowest BCUT2D eigenvalue weighted by Gasteiger charge is -1.97. The monoisotopic (exact) mass is 180 g/mol. The molecule has 0 unspecified atom stereocenters. The molecule has 0 aliphatic rings. The number of hydrogen-bond acceptors (Lipinski definition) is 3. The lowest BCUT2D eigenvalue weighted by Crippen LogP contribution is -2.32. The fourth-order valence-electron chi connectivity index (χ4n) is 1.29. The number of aryl methyl sites for hydroxylation is 1. The lowest BCUT2D eigenvalue weighted by molar-refractivity contribution is -0.886. The van der Waals surface area contributed by atoms with Gasteiger partial charge in [-0.1, -0.05) is 0 Å². The second-order valence-corrected chi connectivity index (χ2v) is 2.79. The normalized spacial score (nSPS) is 10.6. The quantitative estimate of drug-likeness (QED) is 0.500. The van der Waals surface area contributed by atoms with Crippen molar-refractivity contribution < 1.29 is 14.7 Å². The third-order valence-electron chi connectivity index (χ3n) is 1.91. The largest absolute Gasteiger partial charge is 0.493 e. The van der Waals surface area contributed by atoms with Crippen LogP contribution in [0.5, 0.6) is 5.75 Å². The van der Waals surface area contributed by atoms with Crippen molar-refractivity contribution in [1.29, 1.82) is 0 Å². The van der Waals surface area contributed by atoms with Crippen molar-refractivity contribution in [2.24, 2.45) is 7.05 Å². The van der Waals surface area contributed by atoms with Gasteiger partial charge in [0.1, 0.15) is 0 Å². The van der Waals surface area contributed by atoms with Gasteiger partial charge in [-0.25, -0.2) is 9.55 Å². The van der Waals surface area contributed by atoms with Gasteiger partial charge in [0.05, 0.1) is 14.2 Å². The number of ether oxygens (including phenoxy) is 1. The van der Waals surface area contributed by atoms with Gasteiger partial charge in [-0.2, -0.15) is 0 Å². The molecule has 2 rings (SSSR count). The molecule has 5 nitrogen and oxygen atoms in total. The maximum absolute atomic E-state index is 9.53. The molecule has 13 heavy (non-hydrogen) atoms. The highest BCUT2D eigenvalue weighted by molar-refractivity contribution is 5.68. The Morgan fingerprint density at radius 1 is 1.62 bits per heavy atom. The number of fused-ring (bicyclic) bond motifs is 1. The molecule has 2 aromatic heterocycles. The van der Waals surface area contributed by atoms with Gasteiger partial charge in [0.25, 0.3) is 0 Å². The SMILES string of the molecule is COc1cc2ncn(C)c2[n+](O)c1. The van der Waals surface area contributed by atoms with Crippen LogP contribution < -0.4 is 9.47 Å². The number of aromatic nitrogens is 3. The minimum absolute atomic E-state index is 0.578. The second kappa shape index (κ2) is 2.62. The maximum Gasteiger partial charge on any atom is 0.347 e. The van der Waals surface area contributed by atoms with E-state index in [-0.39, 0.29) is 0 Å². The zero-order chi connectivity index (χ0) is 9.42. The molecule has 0 aromatic carbocycles. The molecule has 0 aliphatic carbocycles. The van der Waals surface area contributed by atoms with E-state index in [2.05, 4.69) is 4.98 Å². The predicted molar refractivity (Wildman–Crippen MR) is 44.6 cm³/mol. The summed E-state index contributed by atoms with van der Waals surface area (Å²) in [6.07, 6.45) is 3.13. The van der Waals surface area contributed by atoms with Crippen molar-refractivity contribution in [2.45, 2.75) is 0 Å². The van der Waals surface area contributed by atoms with Crippen LogP contribution in [0, 0.1) is 0 Å². The lowest BCUT2D eigenvalue weighted by atomic mass is 10.4. The van der Waals surface area contributed by atoms with Crippen molar-refractivity contribution in [3.8, 4) is 5.75 Å². The van der Waals surface area contributed by atoms with Crippen LogP contribution >= 0.6 is 0 Å². The Bertz CT molecular complexity index is 450. The molecule has 0 amide bonds. The summed E-state index contributed by atoms with van der Waals surface area (Å²) < 4.78 is 7.71. The predicted octanol–water partition coefficient (Wildman–Crippen LogP) is 0.107. The number of nitrogens with zero attached hydrogens (tertiary/aromatic N) is 3. The molecule has 2 aromatic rings. The molecule has 0 atom stereocenters. The van der Waals surface area contributed by atoms with Gasteiger partial charge in [0.15, 0.2) is 23.8 Å². The van der Waals surface area contributed by atoms with Crippen molar-refractivity contribution in [1.82, 2.24) is 9.55 Å². The molecular weight excluding hydrogens is 170 g/mol. The van der Waals surface area contributed by atoms with Crippen LogP contribution in [0.3, 0.4) is 0 Å². The minimum Gasteiger partial charge on any atom is -0.493 e. The van der Waals surface area contributed by atoms with Crippen LogP contribution in [0.1, 0.15) is 0 Å². The zero-order valence-corrected chi connectivity index (χ0v) is 7.43. The molecular formula is C8H10N3O2+. The van der Waals surface area contributed by atoms with E-state index in [9.17, 15) is 5.21 Å². The van der Waals surface area contributed by atoms with Crippen LogP contribution in [-0.2, 0) is 7.05 Å². The highest BCUT2D eigenvalue weighted by atomic mass is 16.5. The Morgan fingerprint density at radius 2 is 2.38 bits per heavy atom. The highest BCUT2D eigenvalue weighted by Gasteiger charge is 2.14. The Hall–Kier alpha value is -1.78. The van der Waals surface area contributed by atoms with Crippen LogP contribution in [0.4, 0.5) is 0 Å². The second-order valence-electron chi connectivity index (χ2n) is 2.79. The third kappa shape index (κ3) is 1.09. The smallest absolute Gasteiger partial charge is 0.347 e. The minimum atomic E-state index is 0.578. The fraction of sp³-hybridized carbons (Fsp3) is 0.250. The number of imidazole rings is 1. The van der Waals surface area contributed by atoms with Crippen molar-refractivity contribution >= 4 is 11.2 Å². The first-order valence-corrected chi connectivity index (χ1v) is 3.82. The summed E-state index contributed by atoms with van der Waals surface area (Å²) in [5, 5.41) is 9.53. The van der Waals surface area contributed by atoms with Crippen molar-refractivity contribution in [3.63, 3.8) is 0 Å². The van der Waals surface area contributed by atoms with Crippen LogP contribution in [-0.4, -0.2) is 21.9 Å². The summed E-state index contributed by atoms with van der Waals surface area (Å²) >= 11 is 0. The molecule has 1 N–H and O–H groups in total. The number of hydrogen-bond donors (Lipinski definition) is 1. The van der Waals surface area contributed by atoms with E-state index in [1.807, 2.05) is 7.05 Å². The topological polar surface area (TPSA) is 51.2 Å². The number of methoxy groups -OCH3 is 1. The van der Waals surface area contributed by atoms with Gasteiger partial charge in [-0.3, -0.25) is 0 Å². The first kappa shape index (κ1) is 7.85. The van der Waals surface area contributed by atoms with E-state index < -0.39 is 0 Å². The summed E-state index contributed by atoms with van der Waals surface area (Å²) in [7, 11) is 3.36. The summed E-state index contributed by atoms with van der Waals surface area (Å²) in [5.74, 6) is 0.578. The van der Waals surface area contributed by atoms with E-state index in [1.165, 1.54) is 6.20 Å². The molecule has 0 radical (unpaired) electrons. The summed E-state index contributed by atoms with van der Waals surface area (Å²) in [6, 6.07) is 1.77. The van der Waals surface area contributed by atoms with Crippen molar-refractivity contribution in [2.75, 3.05) is 7.11 Å². The van der Waals surface area contributed by atoms with E-state index >= 15 is 0 Å². The van der Waals surface area contributed by atoms with Gasteiger partial charge < -0.3 is 9.94 Å². The first-order valence-electron chi connectivity index (χ1n) is 3.82. The molecule has 0 fully saturated rings. The molecule has 5 heteroatoms. The average molecular weight is 180 g/mol. The molecule has 0 saturated carbocycles. The van der Waals surface area contributed by atoms with Crippen molar-refractivity contribution in [3.05, 3.63) is 18.6 Å². The first-order chi connectivity index (χ1) is 6.22. The molecule has 68 valence electrons. The Labute approximate surface area is 74.8 Å². The number of pyridine rings is 1. The van der Waals surface area contributed by atoms with Crippen LogP contribution in [0.15, 0.2) is 18.6 Å². The van der Waals surface area contributed by atoms with E-state index in [1.54, 1.807) is 24.1 Å². The fourth-order valence-corrected chi connectivity index (χ4v) is 1.29. The molecule has 0 saturated heterocycles. The van der Waals surface area contributed by atoms with Gasteiger partial charge >= 0.3 is 5.65 Å². The van der Waals surface area contributed by atoms with Crippen LogP contribution in [0.25, 0.3) is 11.2 Å². The average Bonchev–Trinajstić information content (AvgIpc) is 2.48. The molecule has 0 aliphatic heterocycles. The summed E-state index contributed by atoms with van der Waals surface area (Å²) in [4.78, 5) is 4.09. The molecule has 0 bridgehead atoms. The highest BCUT2D eigenvalue weighted by Crippen LogP contribution is 2.13. The third-order valence-corrected chi connectivity index (χ3v) is 1.91. The van der Waals surface area contributed by atoms with E-state index in [0.717, 1.165) is 4.73 Å². The van der Waals surface area contributed by atoms with E-state index in [4.69, 9.17) is 4.74 Å². The van der Waals surface area contributed by atoms with Gasteiger partial charge in [0, 0.05) is 6.07 Å². The van der Waals surface area contributed by atoms with Gasteiger partial charge in [-0.05, 0) is 4.73 Å². The van der Waals surface area contributed by atoms with E-state index in [0.29, 0.717) is 16.9 Å². The summed E-state index contributed by atoms with van der Waals surface area (Å²) in [6.45, 7) is 0. The summed E-state index contributed by atoms with van der Waals surface area (Å²) in [5.41, 5.74) is 1.34. The Morgan fingerprint density at radius 3 is 3.08 bits per heavy atom. The van der Waals surface area contributed by atoms with Gasteiger partial charge in [-0.15, -0.1) is 0 Å². The number of rotatable bonds is 1. The molecule has 2 heterocycles. The van der Waals surface area contributed by atoms with Gasteiger partial charge in [0.2, 0.25) is 0 Å².